The Morgan fingerprint density at radius 2 is 2.38 bits per heavy atom. The van der Waals surface area contributed by atoms with Crippen molar-refractivity contribution in [2.45, 2.75) is 19.8 Å². The second-order valence-electron chi connectivity index (χ2n) is 3.60. The van der Waals surface area contributed by atoms with Crippen molar-refractivity contribution >= 4 is 11.3 Å². The average molecular weight is 236 g/mol. The quantitative estimate of drug-likeness (QED) is 0.784. The van der Waals surface area contributed by atoms with Gasteiger partial charge in [0.2, 0.25) is 0 Å². The number of rotatable bonds is 6. The van der Waals surface area contributed by atoms with E-state index < -0.39 is 0 Å². The van der Waals surface area contributed by atoms with Gasteiger partial charge in [0.15, 0.2) is 5.76 Å². The van der Waals surface area contributed by atoms with Crippen LogP contribution in [0.3, 0.4) is 0 Å². The second-order valence-corrected chi connectivity index (χ2v) is 4.55. The van der Waals surface area contributed by atoms with Crippen LogP contribution in [-0.2, 0) is 6.42 Å². The topological polar surface area (TPSA) is 38.1 Å². The second kappa shape index (κ2) is 5.82. The Morgan fingerprint density at radius 1 is 1.44 bits per heavy atom. The number of hydrogen-bond acceptors (Lipinski definition) is 4. The highest BCUT2D eigenvalue weighted by Crippen LogP contribution is 2.22. The van der Waals surface area contributed by atoms with Gasteiger partial charge in [-0.3, -0.25) is 0 Å². The number of thiazole rings is 1. The van der Waals surface area contributed by atoms with E-state index in [1.54, 1.807) is 17.6 Å². The van der Waals surface area contributed by atoms with Crippen molar-refractivity contribution in [3.05, 3.63) is 28.8 Å². The molecule has 4 heteroatoms. The molecule has 0 atom stereocenters. The van der Waals surface area contributed by atoms with Gasteiger partial charge in [-0.15, -0.1) is 11.3 Å². The zero-order chi connectivity index (χ0) is 11.2. The van der Waals surface area contributed by atoms with Crippen LogP contribution in [0.2, 0.25) is 0 Å². The van der Waals surface area contributed by atoms with Crippen molar-refractivity contribution < 1.29 is 4.42 Å². The van der Waals surface area contributed by atoms with Crippen LogP contribution in [0.25, 0.3) is 11.5 Å². The smallest absolute Gasteiger partial charge is 0.153 e. The molecule has 0 spiro atoms. The van der Waals surface area contributed by atoms with Gasteiger partial charge in [0.25, 0.3) is 0 Å². The molecule has 0 aliphatic carbocycles. The van der Waals surface area contributed by atoms with Gasteiger partial charge in [0.05, 0.1) is 11.3 Å². The molecule has 0 saturated carbocycles. The third-order valence-electron chi connectivity index (χ3n) is 2.27. The Labute approximate surface area is 99.5 Å². The third kappa shape index (κ3) is 2.93. The highest BCUT2D eigenvalue weighted by Gasteiger charge is 2.05. The van der Waals surface area contributed by atoms with E-state index in [0.717, 1.165) is 36.0 Å². The maximum atomic E-state index is 5.30. The van der Waals surface area contributed by atoms with Crippen LogP contribution in [-0.4, -0.2) is 18.1 Å². The molecule has 2 aromatic heterocycles. The number of furan rings is 1. The molecule has 1 N–H and O–H groups in total. The molecule has 2 aromatic rings. The molecule has 0 aromatic carbocycles. The molecule has 3 nitrogen and oxygen atoms in total. The van der Waals surface area contributed by atoms with Gasteiger partial charge >= 0.3 is 0 Å². The SMILES string of the molecule is CCCNCCc1nc(-c2ccco2)cs1. The van der Waals surface area contributed by atoms with Crippen LogP contribution < -0.4 is 5.32 Å². The van der Waals surface area contributed by atoms with Crippen molar-refractivity contribution in [2.24, 2.45) is 0 Å². The molecular weight excluding hydrogens is 220 g/mol. The predicted octanol–water partition coefficient (Wildman–Crippen LogP) is 2.95. The van der Waals surface area contributed by atoms with E-state index in [1.807, 2.05) is 17.5 Å². The normalized spacial score (nSPS) is 10.8. The summed E-state index contributed by atoms with van der Waals surface area (Å²) in [7, 11) is 0. The number of nitrogens with one attached hydrogen (secondary N) is 1. The van der Waals surface area contributed by atoms with Crippen molar-refractivity contribution in [1.82, 2.24) is 10.3 Å². The first-order chi connectivity index (χ1) is 7.90. The first kappa shape index (κ1) is 11.4. The summed E-state index contributed by atoms with van der Waals surface area (Å²) in [6.07, 6.45) is 3.85. The minimum absolute atomic E-state index is 0.851. The van der Waals surface area contributed by atoms with Crippen LogP contribution in [0.4, 0.5) is 0 Å². The molecule has 0 aliphatic rings. The molecule has 0 aliphatic heterocycles. The summed E-state index contributed by atoms with van der Waals surface area (Å²) in [5.74, 6) is 0.851. The Morgan fingerprint density at radius 3 is 3.12 bits per heavy atom. The summed E-state index contributed by atoms with van der Waals surface area (Å²) >= 11 is 1.69. The van der Waals surface area contributed by atoms with Crippen molar-refractivity contribution in [1.29, 1.82) is 0 Å². The zero-order valence-electron chi connectivity index (χ0n) is 9.40. The van der Waals surface area contributed by atoms with Gasteiger partial charge in [-0.2, -0.15) is 0 Å². The molecule has 0 unspecified atom stereocenters. The lowest BCUT2D eigenvalue weighted by molar-refractivity contribution is 0.580. The van der Waals surface area contributed by atoms with Crippen molar-refractivity contribution in [3.63, 3.8) is 0 Å². The molecule has 16 heavy (non-hydrogen) atoms. The lowest BCUT2D eigenvalue weighted by atomic mass is 10.3. The van der Waals surface area contributed by atoms with E-state index in [2.05, 4.69) is 17.2 Å². The molecule has 0 saturated heterocycles. The fourth-order valence-corrected chi connectivity index (χ4v) is 2.25. The fraction of sp³-hybridized carbons (Fsp3) is 0.417. The van der Waals surface area contributed by atoms with Gasteiger partial charge < -0.3 is 9.73 Å². The standard InChI is InChI=1S/C12H16N2OS/c1-2-6-13-7-5-12-14-10(9-16-12)11-4-3-8-15-11/h3-4,8-9,13H,2,5-7H2,1H3. The number of hydrogen-bond donors (Lipinski definition) is 1. The van der Waals surface area contributed by atoms with Gasteiger partial charge in [0.1, 0.15) is 5.69 Å². The summed E-state index contributed by atoms with van der Waals surface area (Å²) in [5.41, 5.74) is 0.945. The van der Waals surface area contributed by atoms with Gasteiger partial charge in [-0.05, 0) is 25.1 Å². The fourth-order valence-electron chi connectivity index (χ4n) is 1.46. The third-order valence-corrected chi connectivity index (χ3v) is 3.18. The molecular formula is C12H16N2OS. The summed E-state index contributed by atoms with van der Waals surface area (Å²) in [6, 6.07) is 3.82. The minimum Gasteiger partial charge on any atom is -0.463 e. The van der Waals surface area contributed by atoms with E-state index in [4.69, 9.17) is 4.42 Å². The Balaban J connectivity index is 1.88. The Bertz CT molecular complexity index is 408. The van der Waals surface area contributed by atoms with Crippen LogP contribution in [0.1, 0.15) is 18.4 Å². The predicted molar refractivity (Wildman–Crippen MR) is 66.7 cm³/mol. The maximum absolute atomic E-state index is 5.30. The van der Waals surface area contributed by atoms with E-state index in [0.29, 0.717) is 0 Å². The van der Waals surface area contributed by atoms with Gasteiger partial charge in [-0.25, -0.2) is 4.98 Å². The molecule has 2 heterocycles. The summed E-state index contributed by atoms with van der Waals surface area (Å²) in [6.45, 7) is 4.25. The average Bonchev–Trinajstić information content (AvgIpc) is 2.94. The lowest BCUT2D eigenvalue weighted by Crippen LogP contribution is -2.17. The minimum atomic E-state index is 0.851. The Kier molecular flexibility index (Phi) is 4.13. The monoisotopic (exact) mass is 236 g/mol. The number of nitrogens with zero attached hydrogens (tertiary/aromatic N) is 1. The molecule has 0 bridgehead atoms. The summed E-state index contributed by atoms with van der Waals surface area (Å²) in [5, 5.41) is 6.58. The highest BCUT2D eigenvalue weighted by atomic mass is 32.1. The van der Waals surface area contributed by atoms with Crippen LogP contribution in [0.15, 0.2) is 28.2 Å². The van der Waals surface area contributed by atoms with E-state index in [-0.39, 0.29) is 0 Å². The summed E-state index contributed by atoms with van der Waals surface area (Å²) < 4.78 is 5.30. The molecule has 86 valence electrons. The van der Waals surface area contributed by atoms with E-state index in [1.165, 1.54) is 6.42 Å². The first-order valence-electron chi connectivity index (χ1n) is 5.59. The van der Waals surface area contributed by atoms with E-state index >= 15 is 0 Å². The van der Waals surface area contributed by atoms with Crippen molar-refractivity contribution in [3.8, 4) is 11.5 Å². The van der Waals surface area contributed by atoms with Crippen LogP contribution >= 0.6 is 11.3 Å². The zero-order valence-corrected chi connectivity index (χ0v) is 10.2. The van der Waals surface area contributed by atoms with Gasteiger partial charge in [-0.1, -0.05) is 6.92 Å². The highest BCUT2D eigenvalue weighted by molar-refractivity contribution is 7.09. The Hall–Kier alpha value is -1.13. The molecule has 2 rings (SSSR count). The van der Waals surface area contributed by atoms with Gasteiger partial charge in [0, 0.05) is 18.3 Å². The number of aromatic nitrogens is 1. The molecule has 0 amide bonds. The van der Waals surface area contributed by atoms with Crippen LogP contribution in [0, 0.1) is 0 Å². The molecule has 0 radical (unpaired) electrons. The van der Waals surface area contributed by atoms with Crippen molar-refractivity contribution in [2.75, 3.05) is 13.1 Å². The maximum Gasteiger partial charge on any atom is 0.153 e. The lowest BCUT2D eigenvalue weighted by Gasteiger charge is -1.99. The largest absolute Gasteiger partial charge is 0.463 e. The summed E-state index contributed by atoms with van der Waals surface area (Å²) in [4.78, 5) is 4.54. The first-order valence-corrected chi connectivity index (χ1v) is 6.47. The van der Waals surface area contributed by atoms with Crippen LogP contribution in [0.5, 0.6) is 0 Å². The van der Waals surface area contributed by atoms with E-state index in [9.17, 15) is 0 Å². The molecule has 0 fully saturated rings.